The highest BCUT2D eigenvalue weighted by atomic mass is 79.9. The third-order valence-electron chi connectivity index (χ3n) is 3.83. The molecule has 1 aliphatic heterocycles. The molecule has 4 heteroatoms. The molecule has 1 fully saturated rings. The summed E-state index contributed by atoms with van der Waals surface area (Å²) in [6.45, 7) is 4.04. The van der Waals surface area contributed by atoms with Gasteiger partial charge in [0.2, 0.25) is 0 Å². The summed E-state index contributed by atoms with van der Waals surface area (Å²) in [5, 5.41) is 4.38. The minimum Gasteiger partial charge on any atom is -0.378 e. The molecule has 0 radical (unpaired) electrons. The molecule has 20 heavy (non-hydrogen) atoms. The second-order valence-corrected chi connectivity index (χ2v) is 6.66. The molecular weight excluding hydrogens is 338 g/mol. The van der Waals surface area contributed by atoms with Gasteiger partial charge in [0.1, 0.15) is 0 Å². The molecule has 1 aliphatic rings. The normalized spacial score (nSPS) is 20.2. The van der Waals surface area contributed by atoms with E-state index in [1.165, 1.54) is 24.8 Å². The van der Waals surface area contributed by atoms with Gasteiger partial charge in [0.25, 0.3) is 0 Å². The van der Waals surface area contributed by atoms with E-state index in [0.717, 1.165) is 35.5 Å². The van der Waals surface area contributed by atoms with Gasteiger partial charge in [-0.15, -0.1) is 0 Å². The zero-order chi connectivity index (χ0) is 14.4. The lowest BCUT2D eigenvalue weighted by molar-refractivity contribution is 0.101. The van der Waals surface area contributed by atoms with Crippen molar-refractivity contribution in [3.8, 4) is 0 Å². The van der Waals surface area contributed by atoms with Crippen LogP contribution in [0, 0.1) is 0 Å². The topological polar surface area (TPSA) is 21.3 Å². The Morgan fingerprint density at radius 1 is 1.50 bits per heavy atom. The molecule has 1 aromatic rings. The fraction of sp³-hybridized carbons (Fsp3) is 0.625. The fourth-order valence-electron chi connectivity index (χ4n) is 2.82. The Morgan fingerprint density at radius 2 is 2.35 bits per heavy atom. The van der Waals surface area contributed by atoms with Crippen LogP contribution in [0.1, 0.15) is 50.6 Å². The van der Waals surface area contributed by atoms with Gasteiger partial charge in [-0.1, -0.05) is 40.5 Å². The van der Waals surface area contributed by atoms with Crippen LogP contribution in [0.2, 0.25) is 5.02 Å². The summed E-state index contributed by atoms with van der Waals surface area (Å²) >= 11 is 9.83. The maximum absolute atomic E-state index is 6.37. The van der Waals surface area contributed by atoms with Crippen molar-refractivity contribution in [3.63, 3.8) is 0 Å². The van der Waals surface area contributed by atoms with Crippen molar-refractivity contribution < 1.29 is 4.74 Å². The van der Waals surface area contributed by atoms with Gasteiger partial charge in [-0.05, 0) is 56.3 Å². The standard InChI is InChI=1S/C16H23BrClNO/c1-2-19-16(7-3-5-13-6-4-10-20-13)14-9-8-12(17)11-15(14)18/h8-9,11,13,16,19H,2-7,10H2,1H3. The maximum Gasteiger partial charge on any atom is 0.0576 e. The molecule has 0 saturated carbocycles. The second-order valence-electron chi connectivity index (χ2n) is 5.34. The molecular formula is C16H23BrClNO. The molecule has 1 saturated heterocycles. The predicted octanol–water partition coefficient (Wildman–Crippen LogP) is 5.10. The number of ether oxygens (including phenoxy) is 1. The fourth-order valence-corrected chi connectivity index (χ4v) is 3.62. The summed E-state index contributed by atoms with van der Waals surface area (Å²) in [5.41, 5.74) is 1.20. The van der Waals surface area contributed by atoms with Crippen molar-refractivity contribution in [2.75, 3.05) is 13.2 Å². The summed E-state index contributed by atoms with van der Waals surface area (Å²) in [5.74, 6) is 0. The average Bonchev–Trinajstić information content (AvgIpc) is 2.91. The van der Waals surface area contributed by atoms with Crippen molar-refractivity contribution in [2.24, 2.45) is 0 Å². The molecule has 1 N–H and O–H groups in total. The number of rotatable bonds is 7. The first-order valence-electron chi connectivity index (χ1n) is 7.50. The summed E-state index contributed by atoms with van der Waals surface area (Å²) in [6, 6.07) is 6.49. The van der Waals surface area contributed by atoms with Crippen molar-refractivity contribution >= 4 is 27.5 Å². The molecule has 112 valence electrons. The number of benzene rings is 1. The number of halogens is 2. The minimum atomic E-state index is 0.335. The van der Waals surface area contributed by atoms with Gasteiger partial charge in [-0.2, -0.15) is 0 Å². The Balaban J connectivity index is 1.91. The van der Waals surface area contributed by atoms with Crippen molar-refractivity contribution in [2.45, 2.75) is 51.2 Å². The van der Waals surface area contributed by atoms with E-state index in [1.54, 1.807) is 0 Å². The van der Waals surface area contributed by atoms with Crippen LogP contribution in [0.3, 0.4) is 0 Å². The van der Waals surface area contributed by atoms with Crippen LogP contribution in [0.15, 0.2) is 22.7 Å². The van der Waals surface area contributed by atoms with E-state index in [9.17, 15) is 0 Å². The molecule has 1 aromatic carbocycles. The van der Waals surface area contributed by atoms with Gasteiger partial charge in [0, 0.05) is 22.1 Å². The van der Waals surface area contributed by atoms with E-state index in [0.29, 0.717) is 12.1 Å². The second kappa shape index (κ2) is 8.38. The van der Waals surface area contributed by atoms with Crippen LogP contribution in [0.25, 0.3) is 0 Å². The van der Waals surface area contributed by atoms with Gasteiger partial charge < -0.3 is 10.1 Å². The Morgan fingerprint density at radius 3 is 3.00 bits per heavy atom. The lowest BCUT2D eigenvalue weighted by Crippen LogP contribution is -2.21. The number of hydrogen-bond acceptors (Lipinski definition) is 2. The Bertz CT molecular complexity index is 421. The Hall–Kier alpha value is -0.0900. The molecule has 0 spiro atoms. The van der Waals surface area contributed by atoms with Crippen molar-refractivity contribution in [1.82, 2.24) is 5.32 Å². The first kappa shape index (κ1) is 16.3. The summed E-state index contributed by atoms with van der Waals surface area (Å²) in [7, 11) is 0. The van der Waals surface area contributed by atoms with Crippen LogP contribution in [-0.2, 0) is 4.74 Å². The van der Waals surface area contributed by atoms with E-state index in [-0.39, 0.29) is 0 Å². The molecule has 0 amide bonds. The predicted molar refractivity (Wildman–Crippen MR) is 88.4 cm³/mol. The third-order valence-corrected chi connectivity index (χ3v) is 4.65. The molecule has 2 unspecified atom stereocenters. The summed E-state index contributed by atoms with van der Waals surface area (Å²) in [6.07, 6.45) is 6.38. The van der Waals surface area contributed by atoms with Gasteiger partial charge >= 0.3 is 0 Å². The SMILES string of the molecule is CCNC(CCCC1CCCO1)c1ccc(Br)cc1Cl. The van der Waals surface area contributed by atoms with Crippen molar-refractivity contribution in [1.29, 1.82) is 0 Å². The van der Waals surface area contributed by atoms with Gasteiger partial charge in [-0.3, -0.25) is 0 Å². The summed E-state index contributed by atoms with van der Waals surface area (Å²) < 4.78 is 6.72. The zero-order valence-electron chi connectivity index (χ0n) is 12.0. The summed E-state index contributed by atoms with van der Waals surface area (Å²) in [4.78, 5) is 0. The van der Waals surface area contributed by atoms with E-state index < -0.39 is 0 Å². The largest absolute Gasteiger partial charge is 0.378 e. The average molecular weight is 361 g/mol. The quantitative estimate of drug-likeness (QED) is 0.730. The molecule has 1 heterocycles. The Labute approximate surface area is 135 Å². The van der Waals surface area contributed by atoms with E-state index in [2.05, 4.69) is 40.3 Å². The first-order valence-corrected chi connectivity index (χ1v) is 8.67. The monoisotopic (exact) mass is 359 g/mol. The third kappa shape index (κ3) is 4.73. The van der Waals surface area contributed by atoms with Crippen LogP contribution >= 0.6 is 27.5 Å². The zero-order valence-corrected chi connectivity index (χ0v) is 14.3. The van der Waals surface area contributed by atoms with Gasteiger partial charge in [0.15, 0.2) is 0 Å². The highest BCUT2D eigenvalue weighted by Gasteiger charge is 2.18. The lowest BCUT2D eigenvalue weighted by Gasteiger charge is -2.20. The van der Waals surface area contributed by atoms with Crippen LogP contribution < -0.4 is 5.32 Å². The van der Waals surface area contributed by atoms with E-state index >= 15 is 0 Å². The van der Waals surface area contributed by atoms with Crippen LogP contribution in [0.4, 0.5) is 0 Å². The Kier molecular flexibility index (Phi) is 6.82. The van der Waals surface area contributed by atoms with E-state index in [1.807, 2.05) is 6.07 Å². The van der Waals surface area contributed by atoms with Crippen LogP contribution in [-0.4, -0.2) is 19.3 Å². The minimum absolute atomic E-state index is 0.335. The van der Waals surface area contributed by atoms with Crippen LogP contribution in [0.5, 0.6) is 0 Å². The number of hydrogen-bond donors (Lipinski definition) is 1. The smallest absolute Gasteiger partial charge is 0.0576 e. The highest BCUT2D eigenvalue weighted by Crippen LogP contribution is 2.30. The van der Waals surface area contributed by atoms with E-state index in [4.69, 9.17) is 16.3 Å². The number of nitrogens with one attached hydrogen (secondary N) is 1. The molecule has 0 bridgehead atoms. The molecule has 0 aromatic heterocycles. The van der Waals surface area contributed by atoms with Gasteiger partial charge in [0.05, 0.1) is 6.10 Å². The van der Waals surface area contributed by atoms with Gasteiger partial charge in [-0.25, -0.2) is 0 Å². The molecule has 2 rings (SSSR count). The maximum atomic E-state index is 6.37. The highest BCUT2D eigenvalue weighted by molar-refractivity contribution is 9.10. The lowest BCUT2D eigenvalue weighted by atomic mass is 9.99. The molecule has 2 atom stereocenters. The molecule has 0 aliphatic carbocycles. The first-order chi connectivity index (χ1) is 9.70. The molecule has 2 nitrogen and oxygen atoms in total. The van der Waals surface area contributed by atoms with Crippen molar-refractivity contribution in [3.05, 3.63) is 33.3 Å².